The zero-order valence-corrected chi connectivity index (χ0v) is 16.2. The van der Waals surface area contributed by atoms with Gasteiger partial charge in [-0.25, -0.2) is 0 Å². The molecule has 0 spiro atoms. The molecule has 4 fully saturated rings. The summed E-state index contributed by atoms with van der Waals surface area (Å²) in [4.78, 5) is 0. The predicted molar refractivity (Wildman–Crippen MR) is 96.4 cm³/mol. The highest BCUT2D eigenvalue weighted by Gasteiger charge is 2.66. The van der Waals surface area contributed by atoms with E-state index in [9.17, 15) is 25.5 Å². The summed E-state index contributed by atoms with van der Waals surface area (Å²) < 4.78 is 0. The van der Waals surface area contributed by atoms with E-state index in [1.165, 1.54) is 38.5 Å². The molecule has 5 heteroatoms. The lowest BCUT2D eigenvalue weighted by atomic mass is 9.44. The summed E-state index contributed by atoms with van der Waals surface area (Å²) in [6, 6.07) is 0. The van der Waals surface area contributed by atoms with Crippen molar-refractivity contribution in [2.24, 2.45) is 40.4 Å². The molecule has 5 nitrogen and oxygen atoms in total. The molecule has 4 saturated carbocycles. The summed E-state index contributed by atoms with van der Waals surface area (Å²) >= 11 is 0. The van der Waals surface area contributed by atoms with Gasteiger partial charge in [-0.05, 0) is 85.9 Å². The molecule has 4 aliphatic carbocycles. The Morgan fingerprint density at radius 3 is 2.08 bits per heavy atom. The number of rotatable bonds is 2. The number of fused-ring (bicyclic) bond motifs is 5. The molecule has 0 aromatic carbocycles. The van der Waals surface area contributed by atoms with Gasteiger partial charge in [0.2, 0.25) is 0 Å². The van der Waals surface area contributed by atoms with Crippen molar-refractivity contribution in [1.29, 1.82) is 0 Å². The molecule has 0 aromatic rings. The third-order valence-electron chi connectivity index (χ3n) is 9.56. The molecule has 0 heterocycles. The molecule has 150 valence electrons. The molecular weight excluding hydrogens is 332 g/mol. The van der Waals surface area contributed by atoms with Crippen LogP contribution in [0.4, 0.5) is 0 Å². The van der Waals surface area contributed by atoms with Gasteiger partial charge < -0.3 is 25.5 Å². The Hall–Kier alpha value is -0.200. The van der Waals surface area contributed by atoms with E-state index in [0.717, 1.165) is 25.2 Å². The van der Waals surface area contributed by atoms with Gasteiger partial charge in [0, 0.05) is 5.92 Å². The molecule has 26 heavy (non-hydrogen) atoms. The maximum Gasteiger partial charge on any atom is 0.333 e. The first-order valence-electron chi connectivity index (χ1n) is 10.6. The monoisotopic (exact) mass is 368 g/mol. The predicted octanol–water partition coefficient (Wildman–Crippen LogP) is 2.35. The van der Waals surface area contributed by atoms with Gasteiger partial charge in [-0.2, -0.15) is 0 Å². The Morgan fingerprint density at radius 2 is 1.38 bits per heavy atom. The van der Waals surface area contributed by atoms with Crippen molar-refractivity contribution in [2.75, 3.05) is 0 Å². The summed E-state index contributed by atoms with van der Waals surface area (Å²) in [7, 11) is 0. The molecule has 1 unspecified atom stereocenters. The lowest BCUT2D eigenvalue weighted by Gasteiger charge is -2.61. The average molecular weight is 369 g/mol. The molecule has 0 bridgehead atoms. The Kier molecular flexibility index (Phi) is 4.34. The summed E-state index contributed by atoms with van der Waals surface area (Å²) in [5.41, 5.74) is 0.0484. The quantitative estimate of drug-likeness (QED) is 0.482. The van der Waals surface area contributed by atoms with Crippen LogP contribution in [0.15, 0.2) is 0 Å². The van der Waals surface area contributed by atoms with E-state index in [0.29, 0.717) is 29.6 Å². The van der Waals surface area contributed by atoms with E-state index in [1.54, 1.807) is 0 Å². The van der Waals surface area contributed by atoms with Crippen LogP contribution in [0, 0.1) is 40.4 Å². The zero-order valence-electron chi connectivity index (χ0n) is 16.2. The van der Waals surface area contributed by atoms with Gasteiger partial charge in [-0.15, -0.1) is 0 Å². The van der Waals surface area contributed by atoms with E-state index in [4.69, 9.17) is 0 Å². The highest BCUT2D eigenvalue weighted by molar-refractivity contribution is 5.11. The van der Waals surface area contributed by atoms with Gasteiger partial charge in [-0.3, -0.25) is 0 Å². The van der Waals surface area contributed by atoms with Crippen molar-refractivity contribution in [3.8, 4) is 0 Å². The first-order valence-corrected chi connectivity index (χ1v) is 10.6. The molecular formula is C21H36O5. The van der Waals surface area contributed by atoms with Crippen molar-refractivity contribution >= 4 is 0 Å². The number of hydrogen-bond donors (Lipinski definition) is 5. The smallest absolute Gasteiger partial charge is 0.333 e. The van der Waals surface area contributed by atoms with Crippen molar-refractivity contribution in [1.82, 2.24) is 0 Å². The Labute approximate surface area is 156 Å². The molecule has 4 aliphatic rings. The van der Waals surface area contributed by atoms with Crippen LogP contribution in [0.5, 0.6) is 0 Å². The maximum absolute atomic E-state index is 10.4. The molecule has 5 N–H and O–H groups in total. The lowest BCUT2D eigenvalue weighted by Crippen LogP contribution is -2.63. The molecule has 0 saturated heterocycles. The van der Waals surface area contributed by atoms with Crippen LogP contribution in [0.1, 0.15) is 78.1 Å². The third kappa shape index (κ3) is 2.47. The second-order valence-corrected chi connectivity index (χ2v) is 10.4. The molecule has 4 rings (SSSR count). The Morgan fingerprint density at radius 1 is 0.692 bits per heavy atom. The highest BCUT2D eigenvalue weighted by Crippen LogP contribution is 2.68. The van der Waals surface area contributed by atoms with Crippen LogP contribution in [0.3, 0.4) is 0 Å². The molecule has 0 amide bonds. The molecule has 0 radical (unpaired) electrons. The van der Waals surface area contributed by atoms with Crippen LogP contribution in [-0.4, -0.2) is 37.3 Å². The van der Waals surface area contributed by atoms with Gasteiger partial charge >= 0.3 is 5.97 Å². The summed E-state index contributed by atoms with van der Waals surface area (Å²) in [6.07, 6.45) is 11.2. The minimum Gasteiger partial charge on any atom is -0.359 e. The van der Waals surface area contributed by atoms with E-state index in [-0.39, 0.29) is 5.41 Å². The zero-order chi connectivity index (χ0) is 19.0. The third-order valence-corrected chi connectivity index (χ3v) is 9.56. The minimum absolute atomic E-state index is 0.368. The van der Waals surface area contributed by atoms with E-state index in [1.807, 2.05) is 0 Å². The van der Waals surface area contributed by atoms with Crippen molar-refractivity contribution < 1.29 is 25.5 Å². The van der Waals surface area contributed by atoms with Gasteiger partial charge in [0.25, 0.3) is 5.79 Å². The second kappa shape index (κ2) is 5.90. The van der Waals surface area contributed by atoms with Crippen molar-refractivity contribution in [3.05, 3.63) is 0 Å². The first kappa shape index (κ1) is 19.1. The van der Waals surface area contributed by atoms with Crippen LogP contribution in [-0.2, 0) is 0 Å². The average Bonchev–Trinajstić information content (AvgIpc) is 2.91. The maximum atomic E-state index is 10.4. The Balaban J connectivity index is 1.62. The molecule has 0 aliphatic heterocycles. The van der Waals surface area contributed by atoms with Crippen molar-refractivity contribution in [3.63, 3.8) is 0 Å². The largest absolute Gasteiger partial charge is 0.359 e. The van der Waals surface area contributed by atoms with E-state index in [2.05, 4.69) is 13.8 Å². The second-order valence-electron chi connectivity index (χ2n) is 10.4. The SMILES string of the molecule is C[C@]12CC[C@H]3[C@@H](CCC4CCCC[C@@]43C)[C@@H]1CC[C@@H]2C(O)(O)C(O)(O)O. The fourth-order valence-electron chi connectivity index (χ4n) is 8.19. The van der Waals surface area contributed by atoms with E-state index < -0.39 is 17.7 Å². The van der Waals surface area contributed by atoms with Crippen LogP contribution < -0.4 is 0 Å². The van der Waals surface area contributed by atoms with Gasteiger partial charge in [0.05, 0.1) is 0 Å². The van der Waals surface area contributed by atoms with Crippen LogP contribution in [0.2, 0.25) is 0 Å². The van der Waals surface area contributed by atoms with Crippen LogP contribution in [0.25, 0.3) is 0 Å². The normalized spacial score (nSPS) is 49.3. The number of hydrogen-bond acceptors (Lipinski definition) is 5. The lowest BCUT2D eigenvalue weighted by molar-refractivity contribution is -0.466. The molecule has 0 aromatic heterocycles. The van der Waals surface area contributed by atoms with E-state index >= 15 is 0 Å². The van der Waals surface area contributed by atoms with Crippen molar-refractivity contribution in [2.45, 2.75) is 89.8 Å². The minimum atomic E-state index is -3.49. The fourth-order valence-corrected chi connectivity index (χ4v) is 8.19. The van der Waals surface area contributed by atoms with Gasteiger partial charge in [0.15, 0.2) is 0 Å². The number of aliphatic hydroxyl groups is 5. The fraction of sp³-hybridized carbons (Fsp3) is 1.00. The summed E-state index contributed by atoms with van der Waals surface area (Å²) in [5.74, 6) is -4.61. The summed E-state index contributed by atoms with van der Waals surface area (Å²) in [6.45, 7) is 4.58. The van der Waals surface area contributed by atoms with Gasteiger partial charge in [0.1, 0.15) is 0 Å². The van der Waals surface area contributed by atoms with Crippen LogP contribution >= 0.6 is 0 Å². The van der Waals surface area contributed by atoms with Gasteiger partial charge in [-0.1, -0.05) is 26.7 Å². The molecule has 7 atom stereocenters. The highest BCUT2D eigenvalue weighted by atomic mass is 16.7. The first-order chi connectivity index (χ1) is 12.0. The Bertz CT molecular complexity index is 555. The summed E-state index contributed by atoms with van der Waals surface area (Å²) in [5, 5.41) is 49.4. The topological polar surface area (TPSA) is 101 Å². The standard InChI is InChI=1S/C21H36O5/c1-18-11-4-3-5-13(18)6-7-14-15-8-9-17(20(22,23)21(24,25)26)19(15,2)12-10-16(14)18/h13-17,22-26H,3-12H2,1-2H3/t13?,14-,15-,16-,17-,18-,19-/m0/s1.